The van der Waals surface area contributed by atoms with Crippen molar-refractivity contribution in [3.8, 4) is 0 Å². The van der Waals surface area contributed by atoms with Crippen LogP contribution in [0.5, 0.6) is 0 Å². The Kier molecular flexibility index (Phi) is 4.94. The Morgan fingerprint density at radius 2 is 1.68 bits per heavy atom. The van der Waals surface area contributed by atoms with Crippen molar-refractivity contribution in [2.45, 2.75) is 20.4 Å². The van der Waals surface area contributed by atoms with Gasteiger partial charge < -0.3 is 10.2 Å². The van der Waals surface area contributed by atoms with Gasteiger partial charge in [0.15, 0.2) is 0 Å². The third kappa shape index (κ3) is 3.95. The maximum absolute atomic E-state index is 12.1. The molecule has 2 rings (SSSR count). The average molecular weight is 296 g/mol. The van der Waals surface area contributed by atoms with Crippen molar-refractivity contribution < 1.29 is 9.59 Å². The molecule has 0 radical (unpaired) electrons. The maximum atomic E-state index is 12.1. The summed E-state index contributed by atoms with van der Waals surface area (Å²) in [6.45, 7) is 4.37. The number of benzene rings is 2. The molecule has 0 spiro atoms. The van der Waals surface area contributed by atoms with Crippen LogP contribution in [0.25, 0.3) is 0 Å². The van der Waals surface area contributed by atoms with Gasteiger partial charge in [-0.2, -0.15) is 0 Å². The van der Waals surface area contributed by atoms with E-state index < -0.39 is 11.8 Å². The van der Waals surface area contributed by atoms with Gasteiger partial charge in [-0.3, -0.25) is 9.59 Å². The molecule has 0 aromatic heterocycles. The first-order chi connectivity index (χ1) is 10.5. The number of anilines is 1. The first-order valence-corrected chi connectivity index (χ1v) is 7.15. The third-order valence-corrected chi connectivity index (χ3v) is 3.57. The lowest BCUT2D eigenvalue weighted by Crippen LogP contribution is -2.36. The molecule has 0 bridgehead atoms. The predicted molar refractivity (Wildman–Crippen MR) is 87.5 cm³/mol. The molecule has 0 aliphatic heterocycles. The largest absolute Gasteiger partial charge is 0.333 e. The molecule has 1 N–H and O–H groups in total. The van der Waals surface area contributed by atoms with E-state index in [1.54, 1.807) is 13.1 Å². The number of nitrogens with one attached hydrogen (secondary N) is 1. The second-order valence-electron chi connectivity index (χ2n) is 5.40. The van der Waals surface area contributed by atoms with Crippen molar-refractivity contribution in [1.29, 1.82) is 0 Å². The summed E-state index contributed by atoms with van der Waals surface area (Å²) in [6.07, 6.45) is 0. The van der Waals surface area contributed by atoms with E-state index in [-0.39, 0.29) is 0 Å². The lowest BCUT2D eigenvalue weighted by molar-refractivity contribution is -0.142. The van der Waals surface area contributed by atoms with E-state index in [1.807, 2.05) is 56.3 Å². The summed E-state index contributed by atoms with van der Waals surface area (Å²) in [5.74, 6) is -1.18. The Labute approximate surface area is 130 Å². The fourth-order valence-corrected chi connectivity index (χ4v) is 2.11. The SMILES string of the molecule is Cc1ccc(NC(=O)C(=O)N(C)Cc2ccccc2)cc1C. The molecule has 0 fully saturated rings. The first-order valence-electron chi connectivity index (χ1n) is 7.15. The van der Waals surface area contributed by atoms with Crippen molar-refractivity contribution in [2.75, 3.05) is 12.4 Å². The molecule has 2 aromatic carbocycles. The number of hydrogen-bond acceptors (Lipinski definition) is 2. The summed E-state index contributed by atoms with van der Waals surface area (Å²) in [4.78, 5) is 25.6. The van der Waals surface area contributed by atoms with E-state index in [1.165, 1.54) is 4.90 Å². The number of hydrogen-bond donors (Lipinski definition) is 1. The quantitative estimate of drug-likeness (QED) is 0.885. The summed E-state index contributed by atoms with van der Waals surface area (Å²) in [7, 11) is 1.62. The number of aryl methyl sites for hydroxylation is 2. The van der Waals surface area contributed by atoms with Crippen LogP contribution in [0.15, 0.2) is 48.5 Å². The van der Waals surface area contributed by atoms with Gasteiger partial charge in [-0.1, -0.05) is 36.4 Å². The second-order valence-corrected chi connectivity index (χ2v) is 5.40. The minimum Gasteiger partial charge on any atom is -0.333 e. The van der Waals surface area contributed by atoms with Crippen molar-refractivity contribution in [2.24, 2.45) is 0 Å². The topological polar surface area (TPSA) is 49.4 Å². The van der Waals surface area contributed by atoms with Gasteiger partial charge in [-0.15, -0.1) is 0 Å². The molecule has 4 heteroatoms. The molecule has 0 saturated heterocycles. The molecule has 0 heterocycles. The molecule has 2 aromatic rings. The minimum absolute atomic E-state index is 0.403. The fourth-order valence-electron chi connectivity index (χ4n) is 2.11. The normalized spacial score (nSPS) is 10.1. The summed E-state index contributed by atoms with van der Waals surface area (Å²) >= 11 is 0. The minimum atomic E-state index is -0.623. The predicted octanol–water partition coefficient (Wildman–Crippen LogP) is 2.90. The van der Waals surface area contributed by atoms with Crippen LogP contribution in [-0.2, 0) is 16.1 Å². The highest BCUT2D eigenvalue weighted by molar-refractivity contribution is 6.39. The van der Waals surface area contributed by atoms with E-state index in [0.29, 0.717) is 12.2 Å². The lowest BCUT2D eigenvalue weighted by Gasteiger charge is -2.17. The summed E-state index contributed by atoms with van der Waals surface area (Å²) < 4.78 is 0. The highest BCUT2D eigenvalue weighted by Gasteiger charge is 2.19. The van der Waals surface area contributed by atoms with Gasteiger partial charge in [-0.25, -0.2) is 0 Å². The Balaban J connectivity index is 1.99. The van der Waals surface area contributed by atoms with Crippen LogP contribution in [0.3, 0.4) is 0 Å². The molecule has 0 aliphatic carbocycles. The van der Waals surface area contributed by atoms with Crippen molar-refractivity contribution >= 4 is 17.5 Å². The van der Waals surface area contributed by atoms with Crippen LogP contribution in [0.4, 0.5) is 5.69 Å². The average Bonchev–Trinajstić information content (AvgIpc) is 2.51. The van der Waals surface area contributed by atoms with Gasteiger partial charge in [0, 0.05) is 19.3 Å². The highest BCUT2D eigenvalue weighted by Crippen LogP contribution is 2.14. The molecule has 0 saturated carbocycles. The van der Waals surface area contributed by atoms with E-state index in [9.17, 15) is 9.59 Å². The van der Waals surface area contributed by atoms with E-state index in [2.05, 4.69) is 5.32 Å². The van der Waals surface area contributed by atoms with Crippen LogP contribution < -0.4 is 5.32 Å². The molecule has 0 atom stereocenters. The van der Waals surface area contributed by atoms with Gasteiger partial charge in [0.1, 0.15) is 0 Å². The van der Waals surface area contributed by atoms with Crippen LogP contribution in [-0.4, -0.2) is 23.8 Å². The number of carbonyl (C=O) groups is 2. The lowest BCUT2D eigenvalue weighted by atomic mass is 10.1. The Hall–Kier alpha value is -2.62. The molecule has 4 nitrogen and oxygen atoms in total. The van der Waals surface area contributed by atoms with Crippen molar-refractivity contribution in [3.05, 3.63) is 65.2 Å². The zero-order chi connectivity index (χ0) is 16.1. The molecule has 114 valence electrons. The summed E-state index contributed by atoms with van der Waals surface area (Å²) in [6, 6.07) is 15.1. The maximum Gasteiger partial charge on any atom is 0.313 e. The Morgan fingerprint density at radius 3 is 2.32 bits per heavy atom. The van der Waals surface area contributed by atoms with Crippen LogP contribution in [0.1, 0.15) is 16.7 Å². The van der Waals surface area contributed by atoms with Crippen LogP contribution in [0, 0.1) is 13.8 Å². The van der Waals surface area contributed by atoms with Gasteiger partial charge >= 0.3 is 11.8 Å². The smallest absolute Gasteiger partial charge is 0.313 e. The van der Waals surface area contributed by atoms with Gasteiger partial charge in [0.2, 0.25) is 0 Å². The summed E-state index contributed by atoms with van der Waals surface area (Å²) in [5, 5.41) is 2.65. The third-order valence-electron chi connectivity index (χ3n) is 3.57. The van der Waals surface area contributed by atoms with Gasteiger partial charge in [-0.05, 0) is 42.7 Å². The van der Waals surface area contributed by atoms with Crippen molar-refractivity contribution in [3.63, 3.8) is 0 Å². The molecule has 2 amide bonds. The number of rotatable bonds is 3. The van der Waals surface area contributed by atoms with Crippen molar-refractivity contribution in [1.82, 2.24) is 4.90 Å². The van der Waals surface area contributed by atoms with Gasteiger partial charge in [0.25, 0.3) is 0 Å². The zero-order valence-electron chi connectivity index (χ0n) is 13.1. The number of amides is 2. The molecule has 22 heavy (non-hydrogen) atoms. The number of likely N-dealkylation sites (N-methyl/N-ethyl adjacent to an activating group) is 1. The number of nitrogens with zero attached hydrogens (tertiary/aromatic N) is 1. The van der Waals surface area contributed by atoms with E-state index in [4.69, 9.17) is 0 Å². The monoisotopic (exact) mass is 296 g/mol. The van der Waals surface area contributed by atoms with E-state index in [0.717, 1.165) is 16.7 Å². The van der Waals surface area contributed by atoms with Crippen LogP contribution >= 0.6 is 0 Å². The Morgan fingerprint density at radius 1 is 1.00 bits per heavy atom. The molecular formula is C18H20N2O2. The Bertz CT molecular complexity index is 681. The fraction of sp³-hybridized carbons (Fsp3) is 0.222. The first kappa shape index (κ1) is 15.8. The van der Waals surface area contributed by atoms with Gasteiger partial charge in [0.05, 0.1) is 0 Å². The van der Waals surface area contributed by atoms with Crippen LogP contribution in [0.2, 0.25) is 0 Å². The number of carbonyl (C=O) groups excluding carboxylic acids is 2. The molecule has 0 aliphatic rings. The summed E-state index contributed by atoms with van der Waals surface area (Å²) in [5.41, 5.74) is 3.83. The standard InChI is InChI=1S/C18H20N2O2/c1-13-9-10-16(11-14(13)2)19-17(21)18(22)20(3)12-15-7-5-4-6-8-15/h4-11H,12H2,1-3H3,(H,19,21). The molecule has 0 unspecified atom stereocenters. The zero-order valence-corrected chi connectivity index (χ0v) is 13.1. The highest BCUT2D eigenvalue weighted by atomic mass is 16.2. The molecular weight excluding hydrogens is 276 g/mol. The van der Waals surface area contributed by atoms with E-state index >= 15 is 0 Å². The second kappa shape index (κ2) is 6.89.